The Hall–Kier alpha value is -1.22. The topological polar surface area (TPSA) is 111 Å². The number of hydrogen-bond acceptors (Lipinski definition) is 6. The predicted molar refractivity (Wildman–Crippen MR) is 47.9 cm³/mol. The third-order valence-electron chi connectivity index (χ3n) is 1.80. The van der Waals surface area contributed by atoms with Gasteiger partial charge in [-0.05, 0) is 6.92 Å². The van der Waals surface area contributed by atoms with Gasteiger partial charge in [-0.15, -0.1) is 0 Å². The molecule has 0 aromatic carbocycles. The van der Waals surface area contributed by atoms with Gasteiger partial charge in [-0.2, -0.15) is 0 Å². The summed E-state index contributed by atoms with van der Waals surface area (Å²) in [5.41, 5.74) is 2.87. The molecule has 8 nitrogen and oxygen atoms in total. The summed E-state index contributed by atoms with van der Waals surface area (Å²) >= 11 is 0. The number of nitrogens with one attached hydrogen (secondary N) is 2. The molecule has 0 bridgehead atoms. The first kappa shape index (κ1) is 13.8. The van der Waals surface area contributed by atoms with E-state index in [9.17, 15) is 9.59 Å². The van der Waals surface area contributed by atoms with Crippen molar-refractivity contribution >= 4 is 11.8 Å². The zero-order valence-corrected chi connectivity index (χ0v) is 8.56. The SMILES string of the molecule is COC(C)N(CC(=O)NO)CC(=O)NO. The van der Waals surface area contributed by atoms with E-state index < -0.39 is 18.0 Å². The minimum atomic E-state index is -0.676. The van der Waals surface area contributed by atoms with Gasteiger partial charge in [0.1, 0.15) is 6.23 Å². The molecule has 2 amide bonds. The van der Waals surface area contributed by atoms with Crippen LogP contribution in [0.25, 0.3) is 0 Å². The quantitative estimate of drug-likeness (QED) is 0.241. The fourth-order valence-electron chi connectivity index (χ4n) is 0.902. The number of hydrogen-bond donors (Lipinski definition) is 4. The van der Waals surface area contributed by atoms with E-state index >= 15 is 0 Å². The van der Waals surface area contributed by atoms with Crippen LogP contribution in [-0.2, 0) is 14.3 Å². The fraction of sp³-hybridized carbons (Fsp3) is 0.714. The van der Waals surface area contributed by atoms with Crippen molar-refractivity contribution in [2.75, 3.05) is 20.2 Å². The number of hydroxylamine groups is 2. The highest BCUT2D eigenvalue weighted by Crippen LogP contribution is 1.98. The Balaban J connectivity index is 4.30. The van der Waals surface area contributed by atoms with Crippen molar-refractivity contribution in [2.45, 2.75) is 13.2 Å². The van der Waals surface area contributed by atoms with Crippen LogP contribution in [0, 0.1) is 0 Å². The van der Waals surface area contributed by atoms with Crippen molar-refractivity contribution in [1.29, 1.82) is 0 Å². The molecule has 8 heteroatoms. The van der Waals surface area contributed by atoms with Gasteiger partial charge < -0.3 is 4.74 Å². The summed E-state index contributed by atoms with van der Waals surface area (Å²) in [7, 11) is 1.41. The lowest BCUT2D eigenvalue weighted by atomic mass is 10.4. The average molecular weight is 221 g/mol. The third-order valence-corrected chi connectivity index (χ3v) is 1.80. The number of ether oxygens (including phenoxy) is 1. The Morgan fingerprint density at radius 3 is 1.93 bits per heavy atom. The van der Waals surface area contributed by atoms with Gasteiger partial charge >= 0.3 is 0 Å². The van der Waals surface area contributed by atoms with Crippen LogP contribution >= 0.6 is 0 Å². The molecular formula is C7H15N3O5. The molecule has 88 valence electrons. The number of carbonyl (C=O) groups is 2. The van der Waals surface area contributed by atoms with Gasteiger partial charge in [-0.3, -0.25) is 24.9 Å². The van der Waals surface area contributed by atoms with Crippen LogP contribution in [-0.4, -0.2) is 53.6 Å². The van der Waals surface area contributed by atoms with Crippen LogP contribution in [0.3, 0.4) is 0 Å². The summed E-state index contributed by atoms with van der Waals surface area (Å²) < 4.78 is 4.91. The highest BCUT2D eigenvalue weighted by molar-refractivity contribution is 5.79. The predicted octanol–water partition coefficient (Wildman–Crippen LogP) is -1.71. The molecule has 1 atom stereocenters. The van der Waals surface area contributed by atoms with Gasteiger partial charge in [-0.25, -0.2) is 11.0 Å². The van der Waals surface area contributed by atoms with Crippen molar-refractivity contribution in [3.8, 4) is 0 Å². The van der Waals surface area contributed by atoms with E-state index in [1.54, 1.807) is 6.92 Å². The summed E-state index contributed by atoms with van der Waals surface area (Å²) in [6, 6.07) is 0. The van der Waals surface area contributed by atoms with E-state index in [1.165, 1.54) is 23.0 Å². The molecule has 0 radical (unpaired) electrons. The molecule has 15 heavy (non-hydrogen) atoms. The van der Waals surface area contributed by atoms with E-state index in [1.807, 2.05) is 0 Å². The Morgan fingerprint density at radius 1 is 1.27 bits per heavy atom. The Bertz CT molecular complexity index is 205. The highest BCUT2D eigenvalue weighted by atomic mass is 16.5. The summed E-state index contributed by atoms with van der Waals surface area (Å²) in [6.45, 7) is 1.17. The van der Waals surface area contributed by atoms with Gasteiger partial charge in [-0.1, -0.05) is 0 Å². The third kappa shape index (κ3) is 5.27. The van der Waals surface area contributed by atoms with E-state index in [4.69, 9.17) is 15.2 Å². The van der Waals surface area contributed by atoms with Crippen molar-refractivity contribution < 1.29 is 24.7 Å². The van der Waals surface area contributed by atoms with Crippen molar-refractivity contribution in [3.63, 3.8) is 0 Å². The van der Waals surface area contributed by atoms with Gasteiger partial charge in [0.2, 0.25) is 0 Å². The molecule has 0 rings (SSSR count). The van der Waals surface area contributed by atoms with Crippen LogP contribution in [0.15, 0.2) is 0 Å². The van der Waals surface area contributed by atoms with Crippen LogP contribution < -0.4 is 11.0 Å². The molecule has 0 aromatic heterocycles. The number of methoxy groups -OCH3 is 1. The van der Waals surface area contributed by atoms with Gasteiger partial charge in [0.15, 0.2) is 0 Å². The second-order valence-electron chi connectivity index (χ2n) is 2.81. The summed E-state index contributed by atoms with van der Waals surface area (Å²) in [5.74, 6) is -1.35. The van der Waals surface area contributed by atoms with Crippen LogP contribution in [0.1, 0.15) is 6.92 Å². The van der Waals surface area contributed by atoms with E-state index in [0.717, 1.165) is 0 Å². The van der Waals surface area contributed by atoms with Gasteiger partial charge in [0.25, 0.3) is 11.8 Å². The molecule has 0 aromatic rings. The molecule has 0 saturated heterocycles. The maximum atomic E-state index is 10.9. The van der Waals surface area contributed by atoms with Crippen molar-refractivity contribution in [2.24, 2.45) is 0 Å². The number of rotatable bonds is 6. The normalized spacial score (nSPS) is 12.3. The lowest BCUT2D eigenvalue weighted by Crippen LogP contribution is -2.46. The molecule has 0 heterocycles. The average Bonchev–Trinajstić information content (AvgIpc) is 2.26. The minimum Gasteiger partial charge on any atom is -0.367 e. The Morgan fingerprint density at radius 2 is 1.67 bits per heavy atom. The second-order valence-corrected chi connectivity index (χ2v) is 2.81. The maximum Gasteiger partial charge on any atom is 0.257 e. The van der Waals surface area contributed by atoms with E-state index in [2.05, 4.69) is 0 Å². The standard InChI is InChI=1S/C7H15N3O5/c1-5(15-2)10(3-6(11)8-13)4-7(12)9-14/h5,13-14H,3-4H2,1-2H3,(H,8,11)(H,9,12). The number of carbonyl (C=O) groups excluding carboxylic acids is 2. The molecular weight excluding hydrogens is 206 g/mol. The number of amides is 2. The molecule has 0 fully saturated rings. The first-order valence-corrected chi connectivity index (χ1v) is 4.17. The molecule has 0 spiro atoms. The van der Waals surface area contributed by atoms with Crippen LogP contribution in [0.2, 0.25) is 0 Å². The van der Waals surface area contributed by atoms with Crippen LogP contribution in [0.5, 0.6) is 0 Å². The highest BCUT2D eigenvalue weighted by Gasteiger charge is 2.19. The Labute approximate surface area is 86.7 Å². The first-order chi connectivity index (χ1) is 7.04. The fourth-order valence-corrected chi connectivity index (χ4v) is 0.902. The zero-order valence-electron chi connectivity index (χ0n) is 8.56. The smallest absolute Gasteiger partial charge is 0.257 e. The molecule has 0 saturated carbocycles. The lowest BCUT2D eigenvalue weighted by Gasteiger charge is -2.25. The van der Waals surface area contributed by atoms with Crippen LogP contribution in [0.4, 0.5) is 0 Å². The second kappa shape index (κ2) is 7.12. The summed E-state index contributed by atoms with van der Waals surface area (Å²) in [4.78, 5) is 23.0. The molecule has 0 aliphatic carbocycles. The van der Waals surface area contributed by atoms with Crippen molar-refractivity contribution in [1.82, 2.24) is 15.9 Å². The van der Waals surface area contributed by atoms with Gasteiger partial charge in [0, 0.05) is 7.11 Å². The van der Waals surface area contributed by atoms with Crippen molar-refractivity contribution in [3.05, 3.63) is 0 Å². The minimum absolute atomic E-state index is 0.223. The van der Waals surface area contributed by atoms with E-state index in [-0.39, 0.29) is 13.1 Å². The lowest BCUT2D eigenvalue weighted by molar-refractivity contribution is -0.139. The summed E-state index contributed by atoms with van der Waals surface area (Å²) in [5, 5.41) is 16.6. The van der Waals surface area contributed by atoms with E-state index in [0.29, 0.717) is 0 Å². The van der Waals surface area contributed by atoms with Gasteiger partial charge in [0.05, 0.1) is 13.1 Å². The zero-order chi connectivity index (χ0) is 11.8. The first-order valence-electron chi connectivity index (χ1n) is 4.17. The molecule has 0 aliphatic rings. The number of nitrogens with zero attached hydrogens (tertiary/aromatic N) is 1. The molecule has 4 N–H and O–H groups in total. The monoisotopic (exact) mass is 221 g/mol. The Kier molecular flexibility index (Phi) is 6.54. The maximum absolute atomic E-state index is 10.9. The molecule has 1 unspecified atom stereocenters. The summed E-state index contributed by atoms with van der Waals surface area (Å²) in [6.07, 6.45) is -0.500. The molecule has 0 aliphatic heterocycles. The largest absolute Gasteiger partial charge is 0.367 e.